The number of piperazine rings is 1. The van der Waals surface area contributed by atoms with Crippen molar-refractivity contribution in [2.24, 2.45) is 13.0 Å². The molecule has 14 nitrogen and oxygen atoms in total. The second kappa shape index (κ2) is 16.0. The standard InChI is InChI=1S/C37H45F2N7O7/c1-22(2)31(42-36(50)53-37(4,5)6)33(49)51-21-30(47)45-15-14-44(19-23(45)3)35-40-17-26(18-41-35)24-12-13-27-28(16-24)46(43(7)32(27)48)20-25-10-8-9-11-29(25)52-34(38)39/h8-13,16-18,22-23,31,34H,14-15,19-21H2,1-7H3,(H,42,50). The Kier molecular flexibility index (Phi) is 11.7. The zero-order valence-electron chi connectivity index (χ0n) is 30.8. The van der Waals surface area contributed by atoms with Crippen molar-refractivity contribution in [3.63, 3.8) is 0 Å². The highest BCUT2D eigenvalue weighted by Crippen LogP contribution is 2.27. The first-order chi connectivity index (χ1) is 25.0. The molecule has 2 atom stereocenters. The maximum absolute atomic E-state index is 13.1. The predicted octanol–water partition coefficient (Wildman–Crippen LogP) is 4.58. The number of hydrogen-bond donors (Lipinski definition) is 1. The number of esters is 1. The minimum absolute atomic E-state index is 0.0318. The zero-order chi connectivity index (χ0) is 38.6. The smallest absolute Gasteiger partial charge is 0.408 e. The number of para-hydroxylation sites is 1. The first-order valence-corrected chi connectivity index (χ1v) is 17.3. The first-order valence-electron chi connectivity index (χ1n) is 17.3. The molecule has 16 heteroatoms. The number of halogens is 2. The van der Waals surface area contributed by atoms with Crippen molar-refractivity contribution in [1.29, 1.82) is 0 Å². The Morgan fingerprint density at radius 3 is 2.36 bits per heavy atom. The van der Waals surface area contributed by atoms with Crippen LogP contribution in [0.2, 0.25) is 0 Å². The van der Waals surface area contributed by atoms with Gasteiger partial charge in [0.05, 0.1) is 17.4 Å². The van der Waals surface area contributed by atoms with Gasteiger partial charge in [0.25, 0.3) is 11.5 Å². The molecular formula is C37H45F2N7O7. The van der Waals surface area contributed by atoms with Crippen LogP contribution in [0.4, 0.5) is 19.5 Å². The Labute approximate surface area is 305 Å². The number of alkyl carbamates (subject to hydrolysis) is 1. The number of carbonyl (C=O) groups excluding carboxylic acids is 3. The van der Waals surface area contributed by atoms with Crippen LogP contribution in [0.3, 0.4) is 0 Å². The minimum Gasteiger partial charge on any atom is -0.454 e. The van der Waals surface area contributed by atoms with E-state index in [1.165, 1.54) is 10.7 Å². The number of anilines is 1. The molecule has 0 saturated carbocycles. The molecule has 284 valence electrons. The average Bonchev–Trinajstić information content (AvgIpc) is 3.33. The molecular weight excluding hydrogens is 692 g/mol. The van der Waals surface area contributed by atoms with Gasteiger partial charge in [0.15, 0.2) is 6.61 Å². The van der Waals surface area contributed by atoms with E-state index in [1.807, 2.05) is 17.9 Å². The second-order valence-corrected chi connectivity index (χ2v) is 14.2. The second-order valence-electron chi connectivity index (χ2n) is 14.2. The molecule has 1 fully saturated rings. The summed E-state index contributed by atoms with van der Waals surface area (Å²) in [5.41, 5.74) is 1.57. The van der Waals surface area contributed by atoms with Crippen molar-refractivity contribution in [2.45, 2.75) is 72.4 Å². The third-order valence-electron chi connectivity index (χ3n) is 8.80. The van der Waals surface area contributed by atoms with Crippen molar-refractivity contribution in [3.05, 3.63) is 70.8 Å². The number of fused-ring (bicyclic) bond motifs is 1. The quantitative estimate of drug-likeness (QED) is 0.217. The predicted molar refractivity (Wildman–Crippen MR) is 193 cm³/mol. The number of nitrogens with zero attached hydrogens (tertiary/aromatic N) is 6. The summed E-state index contributed by atoms with van der Waals surface area (Å²) < 4.78 is 44.5. The van der Waals surface area contributed by atoms with Gasteiger partial charge in [-0.05, 0) is 57.4 Å². The van der Waals surface area contributed by atoms with E-state index >= 15 is 0 Å². The number of nitrogens with one attached hydrogen (secondary N) is 1. The fourth-order valence-corrected chi connectivity index (χ4v) is 6.13. The molecule has 2 aromatic heterocycles. The molecule has 1 N–H and O–H groups in total. The Morgan fingerprint density at radius 2 is 1.72 bits per heavy atom. The van der Waals surface area contributed by atoms with Crippen molar-refractivity contribution in [1.82, 2.24) is 29.5 Å². The SMILES string of the molecule is CC(C)C(NC(=O)OC(C)(C)C)C(=O)OCC(=O)N1CCN(c2ncc(-c3ccc4c(=O)n(C)n(Cc5ccccc5OC(F)F)c4c3)cn2)CC1C. The summed E-state index contributed by atoms with van der Waals surface area (Å²) in [7, 11) is 1.62. The number of hydrogen-bond acceptors (Lipinski definition) is 10. The molecule has 0 aliphatic carbocycles. The molecule has 1 saturated heterocycles. The normalized spacial score (nSPS) is 15.5. The van der Waals surface area contributed by atoms with Gasteiger partial charge in [-0.25, -0.2) is 19.6 Å². The van der Waals surface area contributed by atoms with Gasteiger partial charge in [0, 0.05) is 56.2 Å². The van der Waals surface area contributed by atoms with Crippen LogP contribution in [-0.2, 0) is 32.7 Å². The number of rotatable bonds is 11. The van der Waals surface area contributed by atoms with Crippen LogP contribution in [0.25, 0.3) is 22.0 Å². The minimum atomic E-state index is -2.98. The van der Waals surface area contributed by atoms with E-state index in [9.17, 15) is 28.0 Å². The topological polar surface area (TPSA) is 150 Å². The third-order valence-corrected chi connectivity index (χ3v) is 8.80. The lowest BCUT2D eigenvalue weighted by atomic mass is 10.1. The number of ether oxygens (including phenoxy) is 3. The monoisotopic (exact) mass is 737 g/mol. The van der Waals surface area contributed by atoms with Crippen molar-refractivity contribution in [2.75, 3.05) is 31.1 Å². The third kappa shape index (κ3) is 9.28. The van der Waals surface area contributed by atoms with Crippen molar-refractivity contribution in [3.8, 4) is 16.9 Å². The van der Waals surface area contributed by atoms with Gasteiger partial charge in [-0.2, -0.15) is 8.78 Å². The lowest BCUT2D eigenvalue weighted by Crippen LogP contribution is -2.55. The fourth-order valence-electron chi connectivity index (χ4n) is 6.13. The Hall–Kier alpha value is -5.54. The Bertz CT molecular complexity index is 2010. The summed E-state index contributed by atoms with van der Waals surface area (Å²) >= 11 is 0. The van der Waals surface area contributed by atoms with Gasteiger partial charge in [0.2, 0.25) is 5.95 Å². The largest absolute Gasteiger partial charge is 0.454 e. The molecule has 1 aliphatic rings. The van der Waals surface area contributed by atoms with E-state index in [0.717, 1.165) is 5.56 Å². The van der Waals surface area contributed by atoms with Crippen LogP contribution in [0.15, 0.2) is 59.7 Å². The molecule has 2 unspecified atom stereocenters. The summed E-state index contributed by atoms with van der Waals surface area (Å²) in [5, 5.41) is 3.00. The van der Waals surface area contributed by atoms with Crippen LogP contribution < -0.4 is 20.5 Å². The molecule has 0 spiro atoms. The van der Waals surface area contributed by atoms with E-state index in [0.29, 0.717) is 47.6 Å². The van der Waals surface area contributed by atoms with Gasteiger partial charge in [-0.15, -0.1) is 0 Å². The molecule has 0 radical (unpaired) electrons. The molecule has 1 aliphatic heterocycles. The number of aromatic nitrogens is 4. The van der Waals surface area contributed by atoms with Gasteiger partial charge in [0.1, 0.15) is 17.4 Å². The maximum Gasteiger partial charge on any atom is 0.408 e. The molecule has 5 rings (SSSR count). The van der Waals surface area contributed by atoms with Crippen LogP contribution in [-0.4, -0.2) is 92.7 Å². The highest BCUT2D eigenvalue weighted by Gasteiger charge is 2.32. The maximum atomic E-state index is 13.1. The van der Waals surface area contributed by atoms with E-state index in [1.54, 1.807) is 94.0 Å². The van der Waals surface area contributed by atoms with Crippen LogP contribution in [0, 0.1) is 5.92 Å². The number of benzene rings is 2. The van der Waals surface area contributed by atoms with Gasteiger partial charge >= 0.3 is 18.7 Å². The highest BCUT2D eigenvalue weighted by molar-refractivity contribution is 5.86. The highest BCUT2D eigenvalue weighted by atomic mass is 19.3. The van der Waals surface area contributed by atoms with E-state index in [2.05, 4.69) is 15.3 Å². The lowest BCUT2D eigenvalue weighted by Gasteiger charge is -2.39. The number of carbonyl (C=O) groups is 3. The van der Waals surface area contributed by atoms with E-state index in [-0.39, 0.29) is 35.7 Å². The van der Waals surface area contributed by atoms with Gasteiger partial charge in [-0.1, -0.05) is 38.1 Å². The van der Waals surface area contributed by atoms with E-state index in [4.69, 9.17) is 14.2 Å². The summed E-state index contributed by atoms with van der Waals surface area (Å²) in [6.07, 6.45) is 2.61. The number of amides is 2. The summed E-state index contributed by atoms with van der Waals surface area (Å²) in [6, 6.07) is 10.6. The van der Waals surface area contributed by atoms with Crippen LogP contribution in [0.5, 0.6) is 5.75 Å². The van der Waals surface area contributed by atoms with E-state index < -0.39 is 36.9 Å². The summed E-state index contributed by atoms with van der Waals surface area (Å²) in [4.78, 5) is 64.0. The van der Waals surface area contributed by atoms with Crippen LogP contribution in [0.1, 0.15) is 47.1 Å². The Morgan fingerprint density at radius 1 is 1.02 bits per heavy atom. The lowest BCUT2D eigenvalue weighted by molar-refractivity contribution is -0.155. The van der Waals surface area contributed by atoms with Crippen LogP contribution >= 0.6 is 0 Å². The molecule has 0 bridgehead atoms. The average molecular weight is 738 g/mol. The molecule has 4 aromatic rings. The molecule has 2 amide bonds. The van der Waals surface area contributed by atoms with Gasteiger partial charge in [-0.3, -0.25) is 19.0 Å². The summed E-state index contributed by atoms with van der Waals surface area (Å²) in [6.45, 7) is 8.43. The molecule has 3 heterocycles. The summed E-state index contributed by atoms with van der Waals surface area (Å²) in [5.74, 6) is -0.877. The van der Waals surface area contributed by atoms with Gasteiger partial charge < -0.3 is 29.3 Å². The van der Waals surface area contributed by atoms with Crippen molar-refractivity contribution >= 4 is 34.8 Å². The number of alkyl halides is 2. The molecule has 53 heavy (non-hydrogen) atoms. The fraction of sp³-hybridized carbons (Fsp3) is 0.459. The first kappa shape index (κ1) is 38.7. The van der Waals surface area contributed by atoms with Crippen molar-refractivity contribution < 1.29 is 37.4 Å². The Balaban J connectivity index is 1.22. The molecule has 2 aromatic carbocycles. The zero-order valence-corrected chi connectivity index (χ0v) is 30.8.